The zero-order valence-corrected chi connectivity index (χ0v) is 18.4. The number of aromatic nitrogens is 3. The zero-order chi connectivity index (χ0) is 22.9. The number of amides is 1. The van der Waals surface area contributed by atoms with Crippen LogP contribution < -0.4 is 16.6 Å². The van der Waals surface area contributed by atoms with Crippen LogP contribution in [0.5, 0.6) is 0 Å². The first-order chi connectivity index (χ1) is 16.0. The van der Waals surface area contributed by atoms with Gasteiger partial charge < -0.3 is 10.1 Å². The van der Waals surface area contributed by atoms with Gasteiger partial charge in [0.15, 0.2) is 0 Å². The van der Waals surface area contributed by atoms with Crippen molar-refractivity contribution >= 4 is 37.7 Å². The minimum atomic E-state index is -0.552. The average molecular weight is 469 g/mol. The maximum absolute atomic E-state index is 13.4. The largest absolute Gasteiger partial charge is 0.376 e. The average Bonchev–Trinajstić information content (AvgIpc) is 3.47. The van der Waals surface area contributed by atoms with E-state index >= 15 is 0 Å². The summed E-state index contributed by atoms with van der Waals surface area (Å²) < 4.78 is 21.6. The predicted molar refractivity (Wildman–Crippen MR) is 123 cm³/mol. The topological polar surface area (TPSA) is 95.2 Å². The number of pyridine rings is 1. The Morgan fingerprint density at radius 2 is 2.03 bits per heavy atom. The molecule has 0 radical (unpaired) electrons. The van der Waals surface area contributed by atoms with Gasteiger partial charge in [-0.2, -0.15) is 0 Å². The summed E-state index contributed by atoms with van der Waals surface area (Å²) in [7, 11) is 0. The van der Waals surface area contributed by atoms with Crippen molar-refractivity contribution in [2.24, 2.45) is 0 Å². The van der Waals surface area contributed by atoms with Gasteiger partial charge in [0.05, 0.1) is 18.2 Å². The number of carbonyl (C=O) groups excluding carboxylic acids is 1. The third kappa shape index (κ3) is 4.19. The van der Waals surface area contributed by atoms with E-state index in [1.165, 1.54) is 32.6 Å². The van der Waals surface area contributed by atoms with Crippen LogP contribution in [0.3, 0.4) is 0 Å². The molecule has 1 unspecified atom stereocenters. The van der Waals surface area contributed by atoms with E-state index in [0.29, 0.717) is 27.0 Å². The van der Waals surface area contributed by atoms with E-state index in [1.807, 2.05) is 0 Å². The first-order valence-electron chi connectivity index (χ1n) is 10.6. The number of benzene rings is 1. The molecule has 3 aromatic heterocycles. The van der Waals surface area contributed by atoms with E-state index in [0.717, 1.165) is 18.4 Å². The summed E-state index contributed by atoms with van der Waals surface area (Å²) in [6.45, 7) is 0.683. The summed E-state index contributed by atoms with van der Waals surface area (Å²) >= 11 is 1.21. The number of rotatable bonds is 6. The predicted octanol–water partition coefficient (Wildman–Crippen LogP) is 2.41. The molecule has 1 aliphatic rings. The first kappa shape index (κ1) is 21.5. The Morgan fingerprint density at radius 3 is 2.79 bits per heavy atom. The molecule has 4 heterocycles. The number of ether oxygens (including phenoxy) is 1. The van der Waals surface area contributed by atoms with E-state index in [9.17, 15) is 18.8 Å². The van der Waals surface area contributed by atoms with Gasteiger partial charge in [0.1, 0.15) is 21.9 Å². The van der Waals surface area contributed by atoms with E-state index < -0.39 is 17.2 Å². The van der Waals surface area contributed by atoms with Gasteiger partial charge in [-0.25, -0.2) is 14.2 Å². The van der Waals surface area contributed by atoms with Crippen LogP contribution in [0.25, 0.3) is 20.4 Å². The molecule has 1 fully saturated rings. The monoisotopic (exact) mass is 468 g/mol. The van der Waals surface area contributed by atoms with Crippen LogP contribution in [-0.4, -0.2) is 32.7 Å². The standard InChI is InChI=1S/C23H21FN4O4S/c24-15-7-5-14(6-8-15)11-26-18(29)13-27-19-17-4-1-9-25-21(17)33-20(19)22(30)28(23(27)31)12-16-3-2-10-32-16/h1,4-9,16H,2-3,10-13H2,(H,26,29). The number of thiophene rings is 1. The van der Waals surface area contributed by atoms with Crippen molar-refractivity contribution in [3.63, 3.8) is 0 Å². The van der Waals surface area contributed by atoms with Gasteiger partial charge in [-0.05, 0) is 42.7 Å². The third-order valence-corrected chi connectivity index (χ3v) is 6.82. The van der Waals surface area contributed by atoms with Crippen LogP contribution in [0, 0.1) is 5.82 Å². The third-order valence-electron chi connectivity index (χ3n) is 5.73. The maximum atomic E-state index is 13.4. The van der Waals surface area contributed by atoms with Crippen LogP contribution in [0.2, 0.25) is 0 Å². The smallest absolute Gasteiger partial charge is 0.332 e. The highest BCUT2D eigenvalue weighted by molar-refractivity contribution is 7.25. The highest BCUT2D eigenvalue weighted by Gasteiger charge is 2.23. The van der Waals surface area contributed by atoms with Gasteiger partial charge in [0.2, 0.25) is 5.91 Å². The van der Waals surface area contributed by atoms with Gasteiger partial charge in [-0.1, -0.05) is 12.1 Å². The van der Waals surface area contributed by atoms with Gasteiger partial charge in [-0.3, -0.25) is 18.7 Å². The Bertz CT molecular complexity index is 1450. The van der Waals surface area contributed by atoms with E-state index in [4.69, 9.17) is 4.74 Å². The Labute approximate surface area is 191 Å². The van der Waals surface area contributed by atoms with Crippen molar-refractivity contribution in [2.45, 2.75) is 38.6 Å². The Balaban J connectivity index is 1.53. The van der Waals surface area contributed by atoms with Gasteiger partial charge in [0, 0.05) is 24.7 Å². The number of nitrogens with one attached hydrogen (secondary N) is 1. The molecule has 1 N–H and O–H groups in total. The lowest BCUT2D eigenvalue weighted by atomic mass is 10.2. The number of fused-ring (bicyclic) bond motifs is 3. The summed E-state index contributed by atoms with van der Waals surface area (Å²) in [6, 6.07) is 9.33. The number of hydrogen-bond donors (Lipinski definition) is 1. The fourth-order valence-electron chi connectivity index (χ4n) is 4.09. The molecule has 0 bridgehead atoms. The van der Waals surface area contributed by atoms with Crippen LogP contribution in [0.15, 0.2) is 52.2 Å². The lowest BCUT2D eigenvalue weighted by molar-refractivity contribution is -0.121. The minimum absolute atomic E-state index is 0.145. The second-order valence-corrected chi connectivity index (χ2v) is 8.96. The molecular weight excluding hydrogens is 447 g/mol. The number of hydrogen-bond acceptors (Lipinski definition) is 6. The lowest BCUT2D eigenvalue weighted by Crippen LogP contribution is -2.44. The second kappa shape index (κ2) is 8.87. The Kier molecular flexibility index (Phi) is 5.77. The molecule has 170 valence electrons. The first-order valence-corrected chi connectivity index (χ1v) is 11.5. The SMILES string of the molecule is O=C(Cn1c(=O)n(CC2CCCO2)c(=O)c2sc3ncccc3c21)NCc1ccc(F)cc1. The van der Waals surface area contributed by atoms with Crippen LogP contribution >= 0.6 is 11.3 Å². The normalized spacial score (nSPS) is 16.0. The second-order valence-electron chi connectivity index (χ2n) is 7.96. The minimum Gasteiger partial charge on any atom is -0.376 e. The molecule has 5 rings (SSSR count). The fourth-order valence-corrected chi connectivity index (χ4v) is 5.18. The molecule has 4 aromatic rings. The molecule has 0 saturated carbocycles. The van der Waals surface area contributed by atoms with Gasteiger partial charge >= 0.3 is 5.69 Å². The Hall–Kier alpha value is -3.37. The molecule has 1 aromatic carbocycles. The van der Waals surface area contributed by atoms with E-state index in [1.54, 1.807) is 30.5 Å². The molecule has 10 heteroatoms. The van der Waals surface area contributed by atoms with E-state index in [-0.39, 0.29) is 31.6 Å². The van der Waals surface area contributed by atoms with Gasteiger partial charge in [-0.15, -0.1) is 11.3 Å². The quantitative estimate of drug-likeness (QED) is 0.469. The van der Waals surface area contributed by atoms with Crippen molar-refractivity contribution < 1.29 is 13.9 Å². The molecule has 1 aliphatic heterocycles. The molecular formula is C23H21FN4O4S. The summed E-state index contributed by atoms with van der Waals surface area (Å²) in [5.41, 5.74) is 0.203. The highest BCUT2D eigenvalue weighted by atomic mass is 32.1. The maximum Gasteiger partial charge on any atom is 0.332 e. The molecule has 1 atom stereocenters. The summed E-state index contributed by atoms with van der Waals surface area (Å²) in [4.78, 5) is 44.4. The fraction of sp³-hybridized carbons (Fsp3) is 0.304. The van der Waals surface area contributed by atoms with Crippen molar-refractivity contribution in [1.82, 2.24) is 19.4 Å². The van der Waals surface area contributed by atoms with Crippen LogP contribution in [0.1, 0.15) is 18.4 Å². The van der Waals surface area contributed by atoms with Crippen molar-refractivity contribution in [3.05, 3.63) is 74.8 Å². The summed E-state index contributed by atoms with van der Waals surface area (Å²) in [5, 5.41) is 3.42. The molecule has 1 amide bonds. The molecule has 8 nitrogen and oxygen atoms in total. The summed E-state index contributed by atoms with van der Waals surface area (Å²) in [5.74, 6) is -0.751. The van der Waals surface area contributed by atoms with Crippen molar-refractivity contribution in [3.8, 4) is 0 Å². The van der Waals surface area contributed by atoms with E-state index in [2.05, 4.69) is 10.3 Å². The number of nitrogens with zero attached hydrogens (tertiary/aromatic N) is 3. The van der Waals surface area contributed by atoms with Gasteiger partial charge in [0.25, 0.3) is 5.56 Å². The molecule has 33 heavy (non-hydrogen) atoms. The Morgan fingerprint density at radius 1 is 1.21 bits per heavy atom. The number of carbonyl (C=O) groups is 1. The van der Waals surface area contributed by atoms with Crippen LogP contribution in [-0.2, 0) is 29.2 Å². The number of halogens is 1. The van der Waals surface area contributed by atoms with Crippen molar-refractivity contribution in [2.75, 3.05) is 6.61 Å². The lowest BCUT2D eigenvalue weighted by Gasteiger charge is -2.15. The molecule has 0 spiro atoms. The summed E-state index contributed by atoms with van der Waals surface area (Å²) in [6.07, 6.45) is 3.08. The van der Waals surface area contributed by atoms with Crippen molar-refractivity contribution in [1.29, 1.82) is 0 Å². The molecule has 0 aliphatic carbocycles. The van der Waals surface area contributed by atoms with Crippen LogP contribution in [0.4, 0.5) is 4.39 Å². The molecule has 1 saturated heterocycles. The highest BCUT2D eigenvalue weighted by Crippen LogP contribution is 2.29. The zero-order valence-electron chi connectivity index (χ0n) is 17.6.